The Morgan fingerprint density at radius 3 is 2.65 bits per heavy atom. The summed E-state index contributed by atoms with van der Waals surface area (Å²) in [4.78, 5) is 0. The molecule has 1 aromatic heterocycles. The van der Waals surface area contributed by atoms with Crippen LogP contribution in [0.25, 0.3) is 0 Å². The number of aromatic nitrogens is 2. The molecule has 1 N–H and O–H groups in total. The lowest BCUT2D eigenvalue weighted by Crippen LogP contribution is -2.64. The van der Waals surface area contributed by atoms with Crippen molar-refractivity contribution < 1.29 is 4.74 Å². The van der Waals surface area contributed by atoms with Crippen molar-refractivity contribution in [1.82, 2.24) is 15.1 Å². The second-order valence-electron chi connectivity index (χ2n) is 5.82. The topological polar surface area (TPSA) is 39.1 Å². The number of ether oxygens (including phenoxy) is 1. The van der Waals surface area contributed by atoms with Gasteiger partial charge in [0, 0.05) is 24.4 Å². The molecule has 20 heavy (non-hydrogen) atoms. The second kappa shape index (κ2) is 6.61. The molecular formula is C16H29N3O. The highest BCUT2D eigenvalue weighted by Gasteiger charge is 2.54. The molecule has 0 aliphatic heterocycles. The Morgan fingerprint density at radius 2 is 2.10 bits per heavy atom. The van der Waals surface area contributed by atoms with Crippen LogP contribution in [0.4, 0.5) is 0 Å². The van der Waals surface area contributed by atoms with E-state index in [1.165, 1.54) is 6.42 Å². The summed E-state index contributed by atoms with van der Waals surface area (Å²) in [6.07, 6.45) is 8.79. The highest BCUT2D eigenvalue weighted by molar-refractivity contribution is 5.16. The molecule has 4 nitrogen and oxygen atoms in total. The number of rotatable bonds is 8. The minimum absolute atomic E-state index is 0.281. The van der Waals surface area contributed by atoms with Crippen LogP contribution >= 0.6 is 0 Å². The largest absolute Gasteiger partial charge is 0.486 e. The van der Waals surface area contributed by atoms with Crippen molar-refractivity contribution in [2.45, 2.75) is 72.1 Å². The quantitative estimate of drug-likeness (QED) is 0.794. The minimum Gasteiger partial charge on any atom is -0.486 e. The number of aryl methyl sites for hydroxylation is 1. The Labute approximate surface area is 122 Å². The van der Waals surface area contributed by atoms with Gasteiger partial charge in [0.05, 0.1) is 12.4 Å². The van der Waals surface area contributed by atoms with Gasteiger partial charge in [0.15, 0.2) is 5.75 Å². The maximum absolute atomic E-state index is 6.22. The molecular weight excluding hydrogens is 250 g/mol. The van der Waals surface area contributed by atoms with Gasteiger partial charge in [-0.05, 0) is 32.7 Å². The lowest BCUT2D eigenvalue weighted by molar-refractivity contribution is -0.0858. The van der Waals surface area contributed by atoms with E-state index in [0.29, 0.717) is 12.1 Å². The van der Waals surface area contributed by atoms with Gasteiger partial charge in [0.2, 0.25) is 0 Å². The van der Waals surface area contributed by atoms with E-state index in [0.717, 1.165) is 38.1 Å². The van der Waals surface area contributed by atoms with Crippen molar-refractivity contribution in [3.05, 3.63) is 12.4 Å². The lowest BCUT2D eigenvalue weighted by Gasteiger charge is -2.55. The summed E-state index contributed by atoms with van der Waals surface area (Å²) in [5, 5.41) is 7.98. The molecule has 2 atom stereocenters. The van der Waals surface area contributed by atoms with E-state index in [1.807, 2.05) is 17.1 Å². The van der Waals surface area contributed by atoms with Crippen molar-refractivity contribution in [1.29, 1.82) is 0 Å². The Balaban J connectivity index is 2.01. The van der Waals surface area contributed by atoms with Crippen LogP contribution in [0.1, 0.15) is 53.4 Å². The van der Waals surface area contributed by atoms with Gasteiger partial charge in [-0.3, -0.25) is 4.68 Å². The smallest absolute Gasteiger partial charge is 0.157 e. The molecule has 0 saturated heterocycles. The maximum atomic E-state index is 6.22. The second-order valence-corrected chi connectivity index (χ2v) is 5.82. The van der Waals surface area contributed by atoms with Crippen LogP contribution in [0, 0.1) is 5.41 Å². The predicted octanol–water partition coefficient (Wildman–Crippen LogP) is 3.23. The molecule has 1 aliphatic carbocycles. The summed E-state index contributed by atoms with van der Waals surface area (Å²) in [5.41, 5.74) is 0.281. The van der Waals surface area contributed by atoms with E-state index < -0.39 is 0 Å². The third-order valence-corrected chi connectivity index (χ3v) is 4.95. The summed E-state index contributed by atoms with van der Waals surface area (Å²) >= 11 is 0. The average molecular weight is 279 g/mol. The van der Waals surface area contributed by atoms with Crippen molar-refractivity contribution in [2.24, 2.45) is 5.41 Å². The van der Waals surface area contributed by atoms with Gasteiger partial charge in [-0.2, -0.15) is 5.10 Å². The predicted molar refractivity (Wildman–Crippen MR) is 82.0 cm³/mol. The van der Waals surface area contributed by atoms with E-state index in [-0.39, 0.29) is 5.41 Å². The Bertz CT molecular complexity index is 412. The first-order valence-electron chi connectivity index (χ1n) is 8.12. The monoisotopic (exact) mass is 279 g/mol. The fourth-order valence-corrected chi connectivity index (χ4v) is 3.46. The van der Waals surface area contributed by atoms with Crippen LogP contribution in [-0.4, -0.2) is 28.5 Å². The number of hydrogen-bond donors (Lipinski definition) is 1. The van der Waals surface area contributed by atoms with Gasteiger partial charge >= 0.3 is 0 Å². The summed E-state index contributed by atoms with van der Waals surface area (Å²) in [6.45, 7) is 10.9. The zero-order valence-corrected chi connectivity index (χ0v) is 13.4. The molecule has 1 fully saturated rings. The summed E-state index contributed by atoms with van der Waals surface area (Å²) < 4.78 is 8.13. The number of hydrogen-bond acceptors (Lipinski definition) is 3. The van der Waals surface area contributed by atoms with Crippen molar-refractivity contribution in [3.63, 3.8) is 0 Å². The summed E-state index contributed by atoms with van der Waals surface area (Å²) in [6, 6.07) is 0.601. The van der Waals surface area contributed by atoms with Gasteiger partial charge in [0.1, 0.15) is 6.10 Å². The van der Waals surface area contributed by atoms with Gasteiger partial charge in [0.25, 0.3) is 0 Å². The van der Waals surface area contributed by atoms with Gasteiger partial charge in [-0.1, -0.05) is 20.8 Å². The minimum atomic E-state index is 0.281. The lowest BCUT2D eigenvalue weighted by atomic mass is 9.58. The molecule has 2 rings (SSSR count). The molecule has 114 valence electrons. The molecule has 0 aromatic carbocycles. The molecule has 0 bridgehead atoms. The Morgan fingerprint density at radius 1 is 1.35 bits per heavy atom. The Kier molecular flexibility index (Phi) is 5.08. The molecule has 0 amide bonds. The van der Waals surface area contributed by atoms with E-state index >= 15 is 0 Å². The molecule has 1 saturated carbocycles. The van der Waals surface area contributed by atoms with Gasteiger partial charge in [-0.15, -0.1) is 0 Å². The summed E-state index contributed by atoms with van der Waals surface area (Å²) in [5.74, 6) is 0.914. The first kappa shape index (κ1) is 15.4. The third kappa shape index (κ3) is 2.71. The molecule has 0 radical (unpaired) electrons. The first-order chi connectivity index (χ1) is 9.70. The van der Waals surface area contributed by atoms with Crippen LogP contribution < -0.4 is 10.1 Å². The maximum Gasteiger partial charge on any atom is 0.157 e. The van der Waals surface area contributed by atoms with E-state index in [4.69, 9.17) is 4.74 Å². The van der Waals surface area contributed by atoms with Gasteiger partial charge in [-0.25, -0.2) is 0 Å². The molecule has 4 heteroatoms. The summed E-state index contributed by atoms with van der Waals surface area (Å²) in [7, 11) is 0. The van der Waals surface area contributed by atoms with Crippen molar-refractivity contribution >= 4 is 0 Å². The molecule has 1 heterocycles. The normalized spacial score (nSPS) is 24.4. The molecule has 1 aromatic rings. The van der Waals surface area contributed by atoms with Crippen LogP contribution in [0.2, 0.25) is 0 Å². The Hall–Kier alpha value is -1.03. The standard InChI is InChI=1S/C16H29N3O/c1-5-9-17-14-10-15(16(14,6-2)7-3)20-13-11-18-19(8-4)12-13/h11-12,14-15,17H,5-10H2,1-4H3. The number of nitrogens with zero attached hydrogens (tertiary/aromatic N) is 2. The highest BCUT2D eigenvalue weighted by Crippen LogP contribution is 2.48. The number of nitrogens with one attached hydrogen (secondary N) is 1. The molecule has 1 aliphatic rings. The van der Waals surface area contributed by atoms with Crippen LogP contribution in [0.15, 0.2) is 12.4 Å². The van der Waals surface area contributed by atoms with E-state index in [2.05, 4.69) is 38.1 Å². The zero-order chi connectivity index (χ0) is 14.6. The zero-order valence-electron chi connectivity index (χ0n) is 13.4. The van der Waals surface area contributed by atoms with Crippen molar-refractivity contribution in [2.75, 3.05) is 6.54 Å². The third-order valence-electron chi connectivity index (χ3n) is 4.95. The molecule has 0 spiro atoms. The molecule has 2 unspecified atom stereocenters. The SMILES string of the molecule is CCCNC1CC(Oc2cnn(CC)c2)C1(CC)CC. The highest BCUT2D eigenvalue weighted by atomic mass is 16.5. The van der Waals surface area contributed by atoms with Crippen molar-refractivity contribution in [3.8, 4) is 5.75 Å². The first-order valence-corrected chi connectivity index (χ1v) is 8.12. The van der Waals surface area contributed by atoms with Crippen LogP contribution in [0.3, 0.4) is 0 Å². The fraction of sp³-hybridized carbons (Fsp3) is 0.812. The average Bonchev–Trinajstić information content (AvgIpc) is 2.91. The fourth-order valence-electron chi connectivity index (χ4n) is 3.46. The van der Waals surface area contributed by atoms with Gasteiger partial charge < -0.3 is 10.1 Å². The van der Waals surface area contributed by atoms with Crippen LogP contribution in [0.5, 0.6) is 5.75 Å². The van der Waals surface area contributed by atoms with Crippen LogP contribution in [-0.2, 0) is 6.54 Å². The van der Waals surface area contributed by atoms with E-state index in [9.17, 15) is 0 Å². The van der Waals surface area contributed by atoms with E-state index in [1.54, 1.807) is 0 Å².